The fourth-order valence-corrected chi connectivity index (χ4v) is 2.74. The second-order valence-corrected chi connectivity index (χ2v) is 5.14. The lowest BCUT2D eigenvalue weighted by Gasteiger charge is -2.34. The SMILES string of the molecule is CCn1cc(C2CCNCC2C(C)C)cn1. The maximum Gasteiger partial charge on any atom is 0.0524 e. The third kappa shape index (κ3) is 2.29. The topological polar surface area (TPSA) is 29.9 Å². The minimum Gasteiger partial charge on any atom is -0.316 e. The number of nitrogens with zero attached hydrogens (tertiary/aromatic N) is 2. The van der Waals surface area contributed by atoms with Crippen molar-refractivity contribution in [2.75, 3.05) is 13.1 Å². The van der Waals surface area contributed by atoms with Gasteiger partial charge in [-0.1, -0.05) is 13.8 Å². The predicted octanol–water partition coefficient (Wildman–Crippen LogP) is 2.25. The zero-order valence-electron chi connectivity index (χ0n) is 10.6. The average molecular weight is 221 g/mol. The summed E-state index contributed by atoms with van der Waals surface area (Å²) in [4.78, 5) is 0. The lowest BCUT2D eigenvalue weighted by Crippen LogP contribution is -2.37. The molecule has 1 saturated heterocycles. The Labute approximate surface area is 98.2 Å². The summed E-state index contributed by atoms with van der Waals surface area (Å²) in [5, 5.41) is 7.91. The third-order valence-electron chi connectivity index (χ3n) is 3.79. The number of aromatic nitrogens is 2. The summed E-state index contributed by atoms with van der Waals surface area (Å²) >= 11 is 0. The Morgan fingerprint density at radius 2 is 2.38 bits per heavy atom. The minimum atomic E-state index is 0.696. The second-order valence-electron chi connectivity index (χ2n) is 5.14. The van der Waals surface area contributed by atoms with Crippen LogP contribution < -0.4 is 5.32 Å². The van der Waals surface area contributed by atoms with Crippen LogP contribution in [0.1, 0.15) is 38.7 Å². The van der Waals surface area contributed by atoms with Crippen LogP contribution in [0, 0.1) is 11.8 Å². The second kappa shape index (κ2) is 5.00. The summed E-state index contributed by atoms with van der Waals surface area (Å²) in [6.45, 7) is 10.1. The first-order valence-electron chi connectivity index (χ1n) is 6.45. The van der Waals surface area contributed by atoms with Crippen LogP contribution in [0.25, 0.3) is 0 Å². The lowest BCUT2D eigenvalue weighted by atomic mass is 9.76. The zero-order valence-corrected chi connectivity index (χ0v) is 10.6. The summed E-state index contributed by atoms with van der Waals surface area (Å²) < 4.78 is 2.04. The van der Waals surface area contributed by atoms with Gasteiger partial charge in [-0.15, -0.1) is 0 Å². The highest BCUT2D eigenvalue weighted by Gasteiger charge is 2.29. The van der Waals surface area contributed by atoms with Crippen molar-refractivity contribution in [3.63, 3.8) is 0 Å². The zero-order chi connectivity index (χ0) is 11.5. The standard InChI is InChI=1S/C13H23N3/c1-4-16-9-11(7-15-16)12-5-6-14-8-13(12)10(2)3/h7,9-10,12-14H,4-6,8H2,1-3H3. The Bertz CT molecular complexity index is 330. The van der Waals surface area contributed by atoms with Crippen LogP contribution in [0.2, 0.25) is 0 Å². The largest absolute Gasteiger partial charge is 0.316 e. The van der Waals surface area contributed by atoms with Gasteiger partial charge in [0, 0.05) is 12.7 Å². The van der Waals surface area contributed by atoms with Gasteiger partial charge in [0.05, 0.1) is 6.20 Å². The molecule has 1 fully saturated rings. The molecule has 1 aliphatic heterocycles. The van der Waals surface area contributed by atoms with E-state index in [2.05, 4.69) is 43.6 Å². The van der Waals surface area contributed by atoms with Crippen molar-refractivity contribution in [2.45, 2.75) is 39.7 Å². The number of aryl methyl sites for hydroxylation is 1. The van der Waals surface area contributed by atoms with Crippen molar-refractivity contribution in [1.29, 1.82) is 0 Å². The maximum absolute atomic E-state index is 4.40. The molecule has 90 valence electrons. The summed E-state index contributed by atoms with van der Waals surface area (Å²) in [5.41, 5.74) is 1.43. The number of rotatable bonds is 3. The van der Waals surface area contributed by atoms with Crippen molar-refractivity contribution in [2.24, 2.45) is 11.8 Å². The van der Waals surface area contributed by atoms with Crippen LogP contribution in [0.5, 0.6) is 0 Å². The molecule has 3 heteroatoms. The van der Waals surface area contributed by atoms with Gasteiger partial charge in [0.15, 0.2) is 0 Å². The van der Waals surface area contributed by atoms with Crippen molar-refractivity contribution < 1.29 is 0 Å². The minimum absolute atomic E-state index is 0.696. The van der Waals surface area contributed by atoms with E-state index in [0.717, 1.165) is 31.5 Å². The van der Waals surface area contributed by atoms with E-state index in [9.17, 15) is 0 Å². The van der Waals surface area contributed by atoms with Gasteiger partial charge in [-0.3, -0.25) is 4.68 Å². The van der Waals surface area contributed by atoms with E-state index >= 15 is 0 Å². The average Bonchev–Trinajstić information content (AvgIpc) is 2.77. The molecule has 2 heterocycles. The fraction of sp³-hybridized carbons (Fsp3) is 0.769. The Morgan fingerprint density at radius 1 is 1.56 bits per heavy atom. The predicted molar refractivity (Wildman–Crippen MR) is 66.5 cm³/mol. The number of hydrogen-bond acceptors (Lipinski definition) is 2. The molecule has 2 rings (SSSR count). The number of piperidine rings is 1. The molecular formula is C13H23N3. The molecule has 1 N–H and O–H groups in total. The molecular weight excluding hydrogens is 198 g/mol. The van der Waals surface area contributed by atoms with Gasteiger partial charge in [0.25, 0.3) is 0 Å². The molecule has 0 saturated carbocycles. The van der Waals surface area contributed by atoms with Gasteiger partial charge >= 0.3 is 0 Å². The first-order chi connectivity index (χ1) is 7.72. The molecule has 0 amide bonds. The summed E-state index contributed by atoms with van der Waals surface area (Å²) in [7, 11) is 0. The molecule has 2 atom stereocenters. The molecule has 3 nitrogen and oxygen atoms in total. The fourth-order valence-electron chi connectivity index (χ4n) is 2.74. The molecule has 1 aliphatic rings. The van der Waals surface area contributed by atoms with E-state index in [0.29, 0.717) is 5.92 Å². The summed E-state index contributed by atoms with van der Waals surface area (Å²) in [6, 6.07) is 0. The molecule has 2 unspecified atom stereocenters. The van der Waals surface area contributed by atoms with E-state index < -0.39 is 0 Å². The highest BCUT2D eigenvalue weighted by atomic mass is 15.3. The van der Waals surface area contributed by atoms with Crippen LogP contribution in [-0.4, -0.2) is 22.9 Å². The third-order valence-corrected chi connectivity index (χ3v) is 3.79. The van der Waals surface area contributed by atoms with E-state index in [1.807, 2.05) is 4.68 Å². The summed E-state index contributed by atoms with van der Waals surface area (Å²) in [5.74, 6) is 2.19. The monoisotopic (exact) mass is 221 g/mol. The highest BCUT2D eigenvalue weighted by molar-refractivity contribution is 5.14. The van der Waals surface area contributed by atoms with Crippen LogP contribution in [-0.2, 0) is 6.54 Å². The normalized spacial score (nSPS) is 26.2. The lowest BCUT2D eigenvalue weighted by molar-refractivity contribution is 0.255. The van der Waals surface area contributed by atoms with E-state index in [4.69, 9.17) is 0 Å². The molecule has 0 aromatic carbocycles. The molecule has 16 heavy (non-hydrogen) atoms. The van der Waals surface area contributed by atoms with Gasteiger partial charge in [0.1, 0.15) is 0 Å². The first kappa shape index (κ1) is 11.6. The quantitative estimate of drug-likeness (QED) is 0.848. The van der Waals surface area contributed by atoms with Crippen LogP contribution >= 0.6 is 0 Å². The summed E-state index contributed by atoms with van der Waals surface area (Å²) in [6.07, 6.45) is 5.54. The maximum atomic E-state index is 4.40. The van der Waals surface area contributed by atoms with Gasteiger partial charge in [0.2, 0.25) is 0 Å². The Morgan fingerprint density at radius 3 is 3.00 bits per heavy atom. The molecule has 0 bridgehead atoms. The molecule has 1 aromatic rings. The molecule has 0 aliphatic carbocycles. The molecule has 0 radical (unpaired) electrons. The number of hydrogen-bond donors (Lipinski definition) is 1. The molecule has 0 spiro atoms. The van der Waals surface area contributed by atoms with Gasteiger partial charge in [-0.05, 0) is 49.8 Å². The van der Waals surface area contributed by atoms with Crippen LogP contribution in [0.3, 0.4) is 0 Å². The van der Waals surface area contributed by atoms with E-state index in [1.54, 1.807) is 0 Å². The van der Waals surface area contributed by atoms with Gasteiger partial charge in [-0.2, -0.15) is 5.10 Å². The van der Waals surface area contributed by atoms with Crippen LogP contribution in [0.15, 0.2) is 12.4 Å². The van der Waals surface area contributed by atoms with E-state index in [-0.39, 0.29) is 0 Å². The van der Waals surface area contributed by atoms with Crippen LogP contribution in [0.4, 0.5) is 0 Å². The number of nitrogens with one attached hydrogen (secondary N) is 1. The van der Waals surface area contributed by atoms with E-state index in [1.165, 1.54) is 12.0 Å². The van der Waals surface area contributed by atoms with Crippen molar-refractivity contribution in [3.8, 4) is 0 Å². The van der Waals surface area contributed by atoms with Crippen molar-refractivity contribution >= 4 is 0 Å². The highest BCUT2D eigenvalue weighted by Crippen LogP contribution is 2.34. The van der Waals surface area contributed by atoms with Crippen molar-refractivity contribution in [1.82, 2.24) is 15.1 Å². The first-order valence-corrected chi connectivity index (χ1v) is 6.45. The van der Waals surface area contributed by atoms with Gasteiger partial charge in [-0.25, -0.2) is 0 Å². The van der Waals surface area contributed by atoms with Crippen molar-refractivity contribution in [3.05, 3.63) is 18.0 Å². The Hall–Kier alpha value is -0.830. The molecule has 1 aromatic heterocycles. The van der Waals surface area contributed by atoms with Gasteiger partial charge < -0.3 is 5.32 Å². The Kier molecular flexibility index (Phi) is 3.64. The smallest absolute Gasteiger partial charge is 0.0524 e. The Balaban J connectivity index is 2.16.